The number of nitrogens with one attached hydrogen (secondary N) is 2. The molecule has 0 atom stereocenters. The van der Waals surface area contributed by atoms with Gasteiger partial charge < -0.3 is 9.88 Å². The summed E-state index contributed by atoms with van der Waals surface area (Å²) in [6, 6.07) is 5.96. The number of anilines is 1. The fourth-order valence-corrected chi connectivity index (χ4v) is 5.00. The molecule has 0 radical (unpaired) electrons. The maximum Gasteiger partial charge on any atom is 0.330 e. The van der Waals surface area contributed by atoms with Gasteiger partial charge in [-0.25, -0.2) is 14.8 Å². The Morgan fingerprint density at radius 3 is 2.71 bits per heavy atom. The van der Waals surface area contributed by atoms with Crippen molar-refractivity contribution in [2.24, 2.45) is 5.92 Å². The minimum atomic E-state index is -0.449. The smallest absolute Gasteiger partial charge is 0.322 e. The maximum atomic E-state index is 12.7. The lowest BCUT2D eigenvalue weighted by molar-refractivity contribution is -0.116. The number of carbonyl (C=O) groups is 1. The van der Waals surface area contributed by atoms with Crippen LogP contribution in [-0.2, 0) is 24.3 Å². The minimum absolute atomic E-state index is 0.169. The van der Waals surface area contributed by atoms with E-state index < -0.39 is 11.2 Å². The number of aromatic amines is 1. The molecule has 0 aliphatic heterocycles. The molecule has 0 aliphatic carbocycles. The Kier molecular flexibility index (Phi) is 6.97. The number of amides is 1. The summed E-state index contributed by atoms with van der Waals surface area (Å²) in [6.07, 6.45) is 2.25. The van der Waals surface area contributed by atoms with Crippen LogP contribution in [0, 0.1) is 12.8 Å². The zero-order valence-corrected chi connectivity index (χ0v) is 20.8. The van der Waals surface area contributed by atoms with Crippen LogP contribution < -0.4 is 16.6 Å². The van der Waals surface area contributed by atoms with Crippen molar-refractivity contribution in [3.63, 3.8) is 0 Å². The molecule has 0 fully saturated rings. The molecule has 2 N–H and O–H groups in total. The first kappa shape index (κ1) is 23.9. The lowest BCUT2D eigenvalue weighted by Crippen LogP contribution is -2.31. The summed E-state index contributed by atoms with van der Waals surface area (Å²) in [7, 11) is 0. The van der Waals surface area contributed by atoms with E-state index in [1.54, 1.807) is 0 Å². The van der Waals surface area contributed by atoms with Crippen molar-refractivity contribution < 1.29 is 4.79 Å². The SMILES string of the molecule is CCCCn1c(=O)[nH]c(=O)c2c1nc(CCC(=O)Nc1nc3c(C)cccc3s1)n2CC(C)C. The lowest BCUT2D eigenvalue weighted by atomic mass is 10.2. The van der Waals surface area contributed by atoms with Gasteiger partial charge in [-0.1, -0.05) is 50.7 Å². The number of thiazole rings is 1. The summed E-state index contributed by atoms with van der Waals surface area (Å²) >= 11 is 1.44. The molecule has 34 heavy (non-hydrogen) atoms. The first-order valence-corrected chi connectivity index (χ1v) is 12.5. The predicted molar refractivity (Wildman–Crippen MR) is 136 cm³/mol. The normalized spacial score (nSPS) is 11.7. The number of aryl methyl sites for hydroxylation is 3. The van der Waals surface area contributed by atoms with E-state index in [-0.39, 0.29) is 18.2 Å². The molecule has 0 saturated heterocycles. The molecular weight excluding hydrogens is 452 g/mol. The van der Waals surface area contributed by atoms with Gasteiger partial charge in [0.05, 0.1) is 10.2 Å². The summed E-state index contributed by atoms with van der Waals surface area (Å²) < 4.78 is 4.41. The quantitative estimate of drug-likeness (QED) is 0.376. The monoisotopic (exact) mass is 482 g/mol. The molecule has 4 rings (SSSR count). The molecular formula is C24H30N6O3S. The third-order valence-electron chi connectivity index (χ3n) is 5.69. The van der Waals surface area contributed by atoms with Gasteiger partial charge in [0.2, 0.25) is 5.91 Å². The van der Waals surface area contributed by atoms with Crippen LogP contribution in [0.1, 0.15) is 51.4 Å². The molecule has 0 spiro atoms. The number of imidazole rings is 1. The van der Waals surface area contributed by atoms with E-state index >= 15 is 0 Å². The highest BCUT2D eigenvalue weighted by Gasteiger charge is 2.20. The number of hydrogen-bond donors (Lipinski definition) is 2. The van der Waals surface area contributed by atoms with Gasteiger partial charge in [0.25, 0.3) is 5.56 Å². The highest BCUT2D eigenvalue weighted by atomic mass is 32.1. The third kappa shape index (κ3) is 4.82. The van der Waals surface area contributed by atoms with Gasteiger partial charge in [-0.05, 0) is 30.9 Å². The second-order valence-electron chi connectivity index (χ2n) is 8.96. The zero-order chi connectivity index (χ0) is 24.4. The van der Waals surface area contributed by atoms with E-state index in [1.165, 1.54) is 15.9 Å². The number of para-hydroxylation sites is 1. The van der Waals surface area contributed by atoms with Crippen molar-refractivity contribution >= 4 is 43.8 Å². The van der Waals surface area contributed by atoms with Gasteiger partial charge in [-0.15, -0.1) is 0 Å². The zero-order valence-electron chi connectivity index (χ0n) is 20.0. The third-order valence-corrected chi connectivity index (χ3v) is 6.63. The topological polar surface area (TPSA) is 115 Å². The number of hydrogen-bond acceptors (Lipinski definition) is 6. The van der Waals surface area contributed by atoms with Crippen LogP contribution >= 0.6 is 11.3 Å². The Balaban J connectivity index is 1.61. The molecule has 4 aromatic rings. The highest BCUT2D eigenvalue weighted by Crippen LogP contribution is 2.28. The van der Waals surface area contributed by atoms with Crippen LogP contribution in [0.4, 0.5) is 5.13 Å². The number of rotatable bonds is 9. The van der Waals surface area contributed by atoms with Gasteiger partial charge in [-0.2, -0.15) is 0 Å². The largest absolute Gasteiger partial charge is 0.330 e. The van der Waals surface area contributed by atoms with Gasteiger partial charge in [0.1, 0.15) is 5.82 Å². The maximum absolute atomic E-state index is 12.7. The molecule has 180 valence electrons. The predicted octanol–water partition coefficient (Wildman–Crippen LogP) is 3.83. The average molecular weight is 483 g/mol. The van der Waals surface area contributed by atoms with E-state index in [0.717, 1.165) is 28.6 Å². The van der Waals surface area contributed by atoms with Crippen molar-refractivity contribution in [3.05, 3.63) is 50.4 Å². The number of benzene rings is 1. The van der Waals surface area contributed by atoms with Gasteiger partial charge in [-0.3, -0.25) is 19.1 Å². The molecule has 0 unspecified atom stereocenters. The van der Waals surface area contributed by atoms with Crippen LogP contribution in [0.3, 0.4) is 0 Å². The van der Waals surface area contributed by atoms with E-state index in [4.69, 9.17) is 0 Å². The second-order valence-corrected chi connectivity index (χ2v) is 9.99. The summed E-state index contributed by atoms with van der Waals surface area (Å²) in [5.74, 6) is 0.712. The molecule has 3 aromatic heterocycles. The van der Waals surface area contributed by atoms with Crippen LogP contribution in [0.25, 0.3) is 21.4 Å². The Bertz CT molecular complexity index is 1460. The van der Waals surface area contributed by atoms with Crippen molar-refractivity contribution in [2.75, 3.05) is 5.32 Å². The van der Waals surface area contributed by atoms with E-state index in [0.29, 0.717) is 41.6 Å². The van der Waals surface area contributed by atoms with Crippen LogP contribution in [-0.4, -0.2) is 30.0 Å². The van der Waals surface area contributed by atoms with Gasteiger partial charge in [0.15, 0.2) is 16.3 Å². The molecule has 0 bridgehead atoms. The number of unbranched alkanes of at least 4 members (excludes halogenated alkanes) is 1. The molecule has 1 aromatic carbocycles. The molecule has 0 saturated carbocycles. The summed E-state index contributed by atoms with van der Waals surface area (Å²) in [6.45, 7) is 9.20. The molecule has 9 nitrogen and oxygen atoms in total. The highest BCUT2D eigenvalue weighted by molar-refractivity contribution is 7.22. The van der Waals surface area contributed by atoms with Crippen molar-refractivity contribution in [1.29, 1.82) is 0 Å². The number of H-pyrrole nitrogens is 1. The van der Waals surface area contributed by atoms with E-state index in [1.807, 2.05) is 36.6 Å². The first-order chi connectivity index (χ1) is 16.3. The minimum Gasteiger partial charge on any atom is -0.322 e. The van der Waals surface area contributed by atoms with Crippen molar-refractivity contribution in [2.45, 2.75) is 66.5 Å². The second kappa shape index (κ2) is 9.92. The Morgan fingerprint density at radius 1 is 1.21 bits per heavy atom. The van der Waals surface area contributed by atoms with Crippen LogP contribution in [0.5, 0.6) is 0 Å². The standard InChI is InChI=1S/C24H30N6O3S/c1-5-6-12-29-21-20(22(32)28-24(29)33)30(13-14(2)3)17(25-21)10-11-18(31)26-23-27-19-15(4)8-7-9-16(19)34-23/h7-9,14H,5-6,10-13H2,1-4H3,(H,26,27,31)(H,28,32,33). The number of aromatic nitrogens is 5. The van der Waals surface area contributed by atoms with Crippen molar-refractivity contribution in [1.82, 2.24) is 24.1 Å². The number of nitrogens with zero attached hydrogens (tertiary/aromatic N) is 4. The fourth-order valence-electron chi connectivity index (χ4n) is 4.04. The molecule has 0 aliphatic rings. The fraction of sp³-hybridized carbons (Fsp3) is 0.458. The Hall–Kier alpha value is -3.27. The molecule has 3 heterocycles. The van der Waals surface area contributed by atoms with Gasteiger partial charge in [0, 0.05) is 25.9 Å². The summed E-state index contributed by atoms with van der Waals surface area (Å²) in [5.41, 5.74) is 1.85. The summed E-state index contributed by atoms with van der Waals surface area (Å²) in [4.78, 5) is 49.6. The van der Waals surface area contributed by atoms with Crippen LogP contribution in [0.2, 0.25) is 0 Å². The van der Waals surface area contributed by atoms with Gasteiger partial charge >= 0.3 is 5.69 Å². The van der Waals surface area contributed by atoms with E-state index in [9.17, 15) is 14.4 Å². The Morgan fingerprint density at radius 2 is 2.00 bits per heavy atom. The lowest BCUT2D eigenvalue weighted by Gasteiger charge is -2.11. The average Bonchev–Trinajstić information content (AvgIpc) is 3.34. The number of fused-ring (bicyclic) bond motifs is 2. The first-order valence-electron chi connectivity index (χ1n) is 11.7. The Labute approximate surface area is 200 Å². The van der Waals surface area contributed by atoms with Crippen molar-refractivity contribution in [3.8, 4) is 0 Å². The summed E-state index contributed by atoms with van der Waals surface area (Å²) in [5, 5.41) is 3.46. The number of carbonyl (C=O) groups excluding carboxylic acids is 1. The molecule has 1 amide bonds. The van der Waals surface area contributed by atoms with E-state index in [2.05, 4.69) is 34.1 Å². The molecule has 10 heteroatoms. The van der Waals surface area contributed by atoms with Crippen LogP contribution in [0.15, 0.2) is 27.8 Å².